The molecular weight excluding hydrogens is 208 g/mol. The van der Waals surface area contributed by atoms with Gasteiger partial charge in [-0.05, 0) is 42.0 Å². The van der Waals surface area contributed by atoms with Crippen molar-refractivity contribution < 1.29 is 5.11 Å². The molecule has 0 saturated carbocycles. The van der Waals surface area contributed by atoms with Crippen LogP contribution in [-0.4, -0.2) is 5.11 Å². The fraction of sp³-hybridized carbons (Fsp3) is 0.250. The van der Waals surface area contributed by atoms with Gasteiger partial charge >= 0.3 is 0 Å². The van der Waals surface area contributed by atoms with Gasteiger partial charge in [-0.15, -0.1) is 0 Å². The summed E-state index contributed by atoms with van der Waals surface area (Å²) in [5.74, 6) is 0. The maximum atomic E-state index is 9.78. The van der Waals surface area contributed by atoms with Gasteiger partial charge in [0.15, 0.2) is 0 Å². The van der Waals surface area contributed by atoms with E-state index < -0.39 is 0 Å². The molecule has 0 amide bonds. The predicted octanol–water partition coefficient (Wildman–Crippen LogP) is 3.64. The quantitative estimate of drug-likeness (QED) is 0.784. The second-order valence-corrected chi connectivity index (χ2v) is 4.83. The Morgan fingerprint density at radius 1 is 1.00 bits per heavy atom. The number of fused-ring (bicyclic) bond motifs is 1. The minimum Gasteiger partial charge on any atom is -0.388 e. The van der Waals surface area contributed by atoms with Crippen molar-refractivity contribution in [2.75, 3.05) is 0 Å². The van der Waals surface area contributed by atoms with Crippen molar-refractivity contribution in [2.45, 2.75) is 25.9 Å². The van der Waals surface area contributed by atoms with E-state index in [1.54, 1.807) is 0 Å². The second kappa shape index (κ2) is 4.01. The summed E-state index contributed by atoms with van der Waals surface area (Å²) in [6.07, 6.45) is 1.61. The maximum Gasteiger partial charge on any atom is 0.0795 e. The molecule has 0 aromatic heterocycles. The molecule has 0 radical (unpaired) electrons. The van der Waals surface area contributed by atoms with E-state index in [0.29, 0.717) is 0 Å². The first-order valence-corrected chi connectivity index (χ1v) is 6.12. The van der Waals surface area contributed by atoms with Crippen molar-refractivity contribution >= 4 is 0 Å². The Bertz CT molecular complexity index is 540. The highest BCUT2D eigenvalue weighted by molar-refractivity contribution is 5.65. The van der Waals surface area contributed by atoms with Gasteiger partial charge in [-0.2, -0.15) is 0 Å². The Morgan fingerprint density at radius 3 is 2.47 bits per heavy atom. The van der Waals surface area contributed by atoms with Crippen LogP contribution < -0.4 is 0 Å². The fourth-order valence-corrected chi connectivity index (χ4v) is 2.52. The van der Waals surface area contributed by atoms with Gasteiger partial charge in [-0.1, -0.05) is 48.0 Å². The third kappa shape index (κ3) is 1.87. The summed E-state index contributed by atoms with van der Waals surface area (Å²) >= 11 is 0. The van der Waals surface area contributed by atoms with Crippen molar-refractivity contribution in [3.8, 4) is 11.1 Å². The Hall–Kier alpha value is -1.60. The normalized spacial score (nSPS) is 18.1. The second-order valence-electron chi connectivity index (χ2n) is 4.83. The molecule has 0 spiro atoms. The van der Waals surface area contributed by atoms with Crippen molar-refractivity contribution in [1.82, 2.24) is 0 Å². The first-order valence-electron chi connectivity index (χ1n) is 6.12. The van der Waals surface area contributed by atoms with Gasteiger partial charge in [0.1, 0.15) is 0 Å². The molecule has 2 aromatic carbocycles. The van der Waals surface area contributed by atoms with Crippen molar-refractivity contribution in [3.05, 3.63) is 59.2 Å². The molecule has 1 aliphatic carbocycles. The molecule has 0 bridgehead atoms. The number of hydrogen-bond acceptors (Lipinski definition) is 1. The van der Waals surface area contributed by atoms with Crippen LogP contribution in [0.4, 0.5) is 0 Å². The van der Waals surface area contributed by atoms with E-state index in [2.05, 4.69) is 49.4 Å². The van der Waals surface area contributed by atoms with Crippen LogP contribution in [0.15, 0.2) is 42.5 Å². The lowest BCUT2D eigenvalue weighted by atomic mass is 9.99. The molecule has 1 nitrogen and oxygen atoms in total. The number of hydrogen-bond donors (Lipinski definition) is 1. The van der Waals surface area contributed by atoms with E-state index in [0.717, 1.165) is 18.4 Å². The Balaban J connectivity index is 2.02. The van der Waals surface area contributed by atoms with Crippen LogP contribution in [0, 0.1) is 6.92 Å². The topological polar surface area (TPSA) is 20.2 Å². The van der Waals surface area contributed by atoms with Crippen LogP contribution in [0.1, 0.15) is 29.2 Å². The van der Waals surface area contributed by atoms with Crippen LogP contribution in [0.25, 0.3) is 11.1 Å². The first-order chi connectivity index (χ1) is 8.24. The van der Waals surface area contributed by atoms with E-state index in [1.807, 2.05) is 0 Å². The first kappa shape index (κ1) is 10.5. The van der Waals surface area contributed by atoms with Gasteiger partial charge in [0.05, 0.1) is 6.10 Å². The summed E-state index contributed by atoms with van der Waals surface area (Å²) in [5, 5.41) is 9.78. The average Bonchev–Trinajstić information content (AvgIpc) is 2.72. The summed E-state index contributed by atoms with van der Waals surface area (Å²) in [6.45, 7) is 2.10. The number of rotatable bonds is 1. The number of benzene rings is 2. The van der Waals surface area contributed by atoms with Gasteiger partial charge in [-0.25, -0.2) is 0 Å². The number of aryl methyl sites for hydroxylation is 2. The van der Waals surface area contributed by atoms with E-state index in [1.165, 1.54) is 22.3 Å². The summed E-state index contributed by atoms with van der Waals surface area (Å²) in [4.78, 5) is 0. The molecule has 17 heavy (non-hydrogen) atoms. The fourth-order valence-electron chi connectivity index (χ4n) is 2.52. The lowest BCUT2D eigenvalue weighted by Gasteiger charge is -2.07. The third-order valence-corrected chi connectivity index (χ3v) is 3.57. The molecule has 1 aliphatic rings. The van der Waals surface area contributed by atoms with Gasteiger partial charge in [-0.3, -0.25) is 0 Å². The highest BCUT2D eigenvalue weighted by Crippen LogP contribution is 2.33. The standard InChI is InChI=1S/C16H16O/c1-11-2-4-12(5-3-11)13-6-8-15-14(10-13)7-9-16(15)17/h2-6,8,10,16-17H,7,9H2,1H3. The zero-order chi connectivity index (χ0) is 11.8. The third-order valence-electron chi connectivity index (χ3n) is 3.57. The molecule has 0 heterocycles. The molecule has 1 atom stereocenters. The smallest absolute Gasteiger partial charge is 0.0795 e. The van der Waals surface area contributed by atoms with Crippen molar-refractivity contribution in [1.29, 1.82) is 0 Å². The van der Waals surface area contributed by atoms with E-state index in [9.17, 15) is 5.11 Å². The molecule has 1 N–H and O–H groups in total. The van der Waals surface area contributed by atoms with E-state index in [-0.39, 0.29) is 6.10 Å². The Morgan fingerprint density at radius 2 is 1.71 bits per heavy atom. The molecule has 0 saturated heterocycles. The molecular formula is C16H16O. The highest BCUT2D eigenvalue weighted by Gasteiger charge is 2.20. The summed E-state index contributed by atoms with van der Waals surface area (Å²) in [5.41, 5.74) is 6.19. The molecule has 86 valence electrons. The largest absolute Gasteiger partial charge is 0.388 e. The minimum atomic E-state index is -0.253. The van der Waals surface area contributed by atoms with Gasteiger partial charge in [0.25, 0.3) is 0 Å². The van der Waals surface area contributed by atoms with Crippen LogP contribution in [0.3, 0.4) is 0 Å². The van der Waals surface area contributed by atoms with Gasteiger partial charge < -0.3 is 5.11 Å². The van der Waals surface area contributed by atoms with Crippen molar-refractivity contribution in [3.63, 3.8) is 0 Å². The lowest BCUT2D eigenvalue weighted by Crippen LogP contribution is -1.90. The van der Waals surface area contributed by atoms with Crippen LogP contribution in [0.2, 0.25) is 0 Å². The average molecular weight is 224 g/mol. The van der Waals surface area contributed by atoms with Crippen LogP contribution >= 0.6 is 0 Å². The Kier molecular flexibility index (Phi) is 2.49. The predicted molar refractivity (Wildman–Crippen MR) is 69.9 cm³/mol. The zero-order valence-corrected chi connectivity index (χ0v) is 9.98. The maximum absolute atomic E-state index is 9.78. The minimum absolute atomic E-state index is 0.253. The van der Waals surface area contributed by atoms with Crippen LogP contribution in [-0.2, 0) is 6.42 Å². The van der Waals surface area contributed by atoms with Crippen molar-refractivity contribution in [2.24, 2.45) is 0 Å². The summed E-state index contributed by atoms with van der Waals surface area (Å²) in [7, 11) is 0. The summed E-state index contributed by atoms with van der Waals surface area (Å²) < 4.78 is 0. The molecule has 1 unspecified atom stereocenters. The molecule has 1 heteroatoms. The van der Waals surface area contributed by atoms with E-state index >= 15 is 0 Å². The zero-order valence-electron chi connectivity index (χ0n) is 9.98. The van der Waals surface area contributed by atoms with Gasteiger partial charge in [0, 0.05) is 0 Å². The highest BCUT2D eigenvalue weighted by atomic mass is 16.3. The number of aliphatic hydroxyl groups excluding tert-OH is 1. The molecule has 0 aliphatic heterocycles. The lowest BCUT2D eigenvalue weighted by molar-refractivity contribution is 0.180. The van der Waals surface area contributed by atoms with E-state index in [4.69, 9.17) is 0 Å². The summed E-state index contributed by atoms with van der Waals surface area (Å²) in [6, 6.07) is 15.0. The van der Waals surface area contributed by atoms with Gasteiger partial charge in [0.2, 0.25) is 0 Å². The Labute approximate surface area is 102 Å². The molecule has 0 fully saturated rings. The number of aliphatic hydroxyl groups is 1. The molecule has 3 rings (SSSR count). The van der Waals surface area contributed by atoms with Crippen LogP contribution in [0.5, 0.6) is 0 Å². The monoisotopic (exact) mass is 224 g/mol. The SMILES string of the molecule is Cc1ccc(-c2ccc3c(c2)CCC3O)cc1. The molecule has 2 aromatic rings.